The van der Waals surface area contributed by atoms with Crippen LogP contribution < -0.4 is 10.5 Å². The van der Waals surface area contributed by atoms with Crippen molar-refractivity contribution in [2.75, 3.05) is 5.73 Å². The van der Waals surface area contributed by atoms with Crippen LogP contribution in [0.1, 0.15) is 22.6 Å². The summed E-state index contributed by atoms with van der Waals surface area (Å²) in [6, 6.07) is 11.9. The SMILES string of the molecule is C=C/C(=C\n1cc(COc2ccc(F)cc2)nc1C)c1ccc(C)cc1N. The van der Waals surface area contributed by atoms with Gasteiger partial charge >= 0.3 is 0 Å². The van der Waals surface area contributed by atoms with Crippen molar-refractivity contribution in [3.63, 3.8) is 0 Å². The molecule has 0 radical (unpaired) electrons. The standard InChI is InChI=1S/C22H22FN3O/c1-4-17(21-10-5-15(2)11-22(21)24)12-26-13-19(25-16(26)3)14-27-20-8-6-18(23)7-9-20/h4-13H,1,14,24H2,2-3H3/b17-12+. The van der Waals surface area contributed by atoms with Crippen molar-refractivity contribution < 1.29 is 9.13 Å². The van der Waals surface area contributed by atoms with Crippen molar-refractivity contribution >= 4 is 17.5 Å². The molecule has 0 saturated carbocycles. The lowest BCUT2D eigenvalue weighted by molar-refractivity contribution is 0.301. The van der Waals surface area contributed by atoms with Crippen LogP contribution in [0.4, 0.5) is 10.1 Å². The maximum atomic E-state index is 13.0. The number of hydrogen-bond donors (Lipinski definition) is 1. The van der Waals surface area contributed by atoms with Gasteiger partial charge in [0.25, 0.3) is 0 Å². The van der Waals surface area contributed by atoms with Crippen molar-refractivity contribution in [3.8, 4) is 5.75 Å². The minimum atomic E-state index is -0.292. The Bertz CT molecular complexity index is 987. The second kappa shape index (κ2) is 7.91. The summed E-state index contributed by atoms with van der Waals surface area (Å²) >= 11 is 0. The number of anilines is 1. The third-order valence-electron chi connectivity index (χ3n) is 4.18. The van der Waals surface area contributed by atoms with Gasteiger partial charge in [-0.1, -0.05) is 24.8 Å². The van der Waals surface area contributed by atoms with Gasteiger partial charge in [-0.3, -0.25) is 0 Å². The predicted octanol–water partition coefficient (Wildman–Crippen LogP) is 4.98. The van der Waals surface area contributed by atoms with Crippen LogP contribution in [0.25, 0.3) is 11.8 Å². The van der Waals surface area contributed by atoms with E-state index < -0.39 is 0 Å². The average molecular weight is 363 g/mol. The largest absolute Gasteiger partial charge is 0.487 e. The highest BCUT2D eigenvalue weighted by atomic mass is 19.1. The molecule has 1 heterocycles. The first-order valence-corrected chi connectivity index (χ1v) is 8.59. The number of nitrogens with zero attached hydrogens (tertiary/aromatic N) is 2. The third-order valence-corrected chi connectivity index (χ3v) is 4.18. The van der Waals surface area contributed by atoms with Crippen molar-refractivity contribution in [3.05, 3.63) is 89.8 Å². The summed E-state index contributed by atoms with van der Waals surface area (Å²) < 4.78 is 20.5. The Morgan fingerprint density at radius 3 is 2.63 bits per heavy atom. The van der Waals surface area contributed by atoms with E-state index in [2.05, 4.69) is 11.6 Å². The fourth-order valence-electron chi connectivity index (χ4n) is 2.76. The fourth-order valence-corrected chi connectivity index (χ4v) is 2.76. The number of aromatic nitrogens is 2. The van der Waals surface area contributed by atoms with E-state index in [9.17, 15) is 4.39 Å². The molecule has 0 amide bonds. The molecule has 27 heavy (non-hydrogen) atoms. The lowest BCUT2D eigenvalue weighted by Crippen LogP contribution is -1.96. The molecule has 2 N–H and O–H groups in total. The van der Waals surface area contributed by atoms with Gasteiger partial charge in [-0.05, 0) is 55.3 Å². The Morgan fingerprint density at radius 2 is 1.96 bits per heavy atom. The van der Waals surface area contributed by atoms with E-state index in [0.29, 0.717) is 18.0 Å². The number of hydrogen-bond acceptors (Lipinski definition) is 3. The Morgan fingerprint density at radius 1 is 1.22 bits per heavy atom. The molecule has 3 rings (SSSR count). The number of benzene rings is 2. The van der Waals surface area contributed by atoms with Gasteiger partial charge in [0.05, 0.1) is 5.69 Å². The zero-order valence-electron chi connectivity index (χ0n) is 15.4. The molecule has 0 aliphatic carbocycles. The van der Waals surface area contributed by atoms with Gasteiger partial charge in [0.15, 0.2) is 0 Å². The normalized spacial score (nSPS) is 11.4. The summed E-state index contributed by atoms with van der Waals surface area (Å²) in [6.45, 7) is 8.12. The average Bonchev–Trinajstić information content (AvgIpc) is 2.99. The van der Waals surface area contributed by atoms with E-state index in [1.807, 2.05) is 49.0 Å². The molecule has 4 nitrogen and oxygen atoms in total. The molecule has 0 aliphatic rings. The molecule has 0 saturated heterocycles. The first kappa shape index (κ1) is 18.5. The topological polar surface area (TPSA) is 53.1 Å². The number of ether oxygens (including phenoxy) is 1. The Labute approximate surface area is 158 Å². The summed E-state index contributed by atoms with van der Waals surface area (Å²) in [5.74, 6) is 1.12. The molecule has 5 heteroatoms. The van der Waals surface area contributed by atoms with Gasteiger partial charge in [-0.15, -0.1) is 0 Å². The van der Waals surface area contributed by atoms with E-state index in [0.717, 1.165) is 28.2 Å². The zero-order valence-corrected chi connectivity index (χ0v) is 15.4. The molecule has 0 fully saturated rings. The van der Waals surface area contributed by atoms with Gasteiger partial charge in [0.1, 0.15) is 24.0 Å². The summed E-state index contributed by atoms with van der Waals surface area (Å²) in [7, 11) is 0. The second-order valence-corrected chi connectivity index (χ2v) is 6.31. The number of nitrogen functional groups attached to an aromatic ring is 1. The molecule has 0 atom stereocenters. The lowest BCUT2D eigenvalue weighted by Gasteiger charge is -2.08. The van der Waals surface area contributed by atoms with Crippen LogP contribution in [0.15, 0.2) is 61.3 Å². The fraction of sp³-hybridized carbons (Fsp3) is 0.136. The van der Waals surface area contributed by atoms with Gasteiger partial charge in [-0.25, -0.2) is 9.37 Å². The molecular formula is C22H22FN3O. The maximum Gasteiger partial charge on any atom is 0.132 e. The number of allylic oxidation sites excluding steroid dienone is 2. The van der Waals surface area contributed by atoms with Crippen molar-refractivity contribution in [2.45, 2.75) is 20.5 Å². The molecule has 0 unspecified atom stereocenters. The molecule has 138 valence electrons. The number of halogens is 1. The Hall–Kier alpha value is -3.34. The van der Waals surface area contributed by atoms with Crippen molar-refractivity contribution in [1.29, 1.82) is 0 Å². The van der Waals surface area contributed by atoms with Crippen LogP contribution in [0.2, 0.25) is 0 Å². The molecule has 0 spiro atoms. The Kier molecular flexibility index (Phi) is 5.41. The predicted molar refractivity (Wildman–Crippen MR) is 108 cm³/mol. The lowest BCUT2D eigenvalue weighted by atomic mass is 10.0. The molecule has 1 aromatic heterocycles. The van der Waals surface area contributed by atoms with Crippen LogP contribution in [0.3, 0.4) is 0 Å². The quantitative estimate of drug-likeness (QED) is 0.496. The van der Waals surface area contributed by atoms with Crippen molar-refractivity contribution in [1.82, 2.24) is 9.55 Å². The Balaban J connectivity index is 1.81. The molecule has 3 aromatic rings. The highest BCUT2D eigenvalue weighted by Crippen LogP contribution is 2.25. The summed E-state index contributed by atoms with van der Waals surface area (Å²) in [6.07, 6.45) is 5.61. The number of imidazole rings is 1. The smallest absolute Gasteiger partial charge is 0.132 e. The zero-order chi connectivity index (χ0) is 19.4. The van der Waals surface area contributed by atoms with E-state index in [4.69, 9.17) is 10.5 Å². The van der Waals surface area contributed by atoms with Crippen LogP contribution >= 0.6 is 0 Å². The molecule has 0 bridgehead atoms. The number of aryl methyl sites for hydroxylation is 2. The van der Waals surface area contributed by atoms with Crippen LogP contribution in [-0.4, -0.2) is 9.55 Å². The van der Waals surface area contributed by atoms with Gasteiger partial charge in [0.2, 0.25) is 0 Å². The molecule has 0 aliphatic heterocycles. The number of nitrogens with two attached hydrogens (primary N) is 1. The summed E-state index contributed by atoms with van der Waals surface area (Å²) in [5.41, 5.74) is 10.6. The highest BCUT2D eigenvalue weighted by Gasteiger charge is 2.07. The molecule has 2 aromatic carbocycles. The maximum absolute atomic E-state index is 13.0. The third kappa shape index (κ3) is 4.44. The number of rotatable bonds is 6. The first-order valence-electron chi connectivity index (χ1n) is 8.59. The molecular weight excluding hydrogens is 341 g/mol. The van der Waals surface area contributed by atoms with Gasteiger partial charge in [0, 0.05) is 23.6 Å². The van der Waals surface area contributed by atoms with Crippen LogP contribution in [-0.2, 0) is 6.61 Å². The van der Waals surface area contributed by atoms with Crippen molar-refractivity contribution in [2.24, 2.45) is 0 Å². The highest BCUT2D eigenvalue weighted by molar-refractivity contribution is 5.87. The van der Waals surface area contributed by atoms with E-state index in [1.165, 1.54) is 12.1 Å². The van der Waals surface area contributed by atoms with E-state index >= 15 is 0 Å². The van der Waals surface area contributed by atoms with E-state index in [1.54, 1.807) is 18.2 Å². The van der Waals surface area contributed by atoms with Gasteiger partial charge in [-0.2, -0.15) is 0 Å². The van der Waals surface area contributed by atoms with Crippen LogP contribution in [0.5, 0.6) is 5.75 Å². The monoisotopic (exact) mass is 363 g/mol. The van der Waals surface area contributed by atoms with E-state index in [-0.39, 0.29) is 5.82 Å². The first-order chi connectivity index (χ1) is 13.0. The minimum absolute atomic E-state index is 0.292. The summed E-state index contributed by atoms with van der Waals surface area (Å²) in [4.78, 5) is 4.51. The van der Waals surface area contributed by atoms with Gasteiger partial charge < -0.3 is 15.0 Å². The minimum Gasteiger partial charge on any atom is -0.487 e. The summed E-state index contributed by atoms with van der Waals surface area (Å²) in [5, 5.41) is 0. The van der Waals surface area contributed by atoms with Crippen LogP contribution in [0, 0.1) is 19.7 Å². The second-order valence-electron chi connectivity index (χ2n) is 6.31.